The summed E-state index contributed by atoms with van der Waals surface area (Å²) in [5, 5.41) is 11.1. The van der Waals surface area contributed by atoms with Crippen molar-refractivity contribution in [1.82, 2.24) is 10.2 Å². The second kappa shape index (κ2) is 5.88. The van der Waals surface area contributed by atoms with E-state index in [2.05, 4.69) is 15.5 Å². The molecule has 0 fully saturated rings. The van der Waals surface area contributed by atoms with Crippen molar-refractivity contribution in [3.8, 4) is 0 Å². The average Bonchev–Trinajstić information content (AvgIpc) is 2.73. The fraction of sp³-hybridized carbons (Fsp3) is 0.182. The van der Waals surface area contributed by atoms with Crippen molar-refractivity contribution in [3.63, 3.8) is 0 Å². The van der Waals surface area contributed by atoms with Gasteiger partial charge in [0.25, 0.3) is 5.22 Å². The third-order valence-corrected chi connectivity index (χ3v) is 3.00. The fourth-order valence-corrected chi connectivity index (χ4v) is 2.02. The zero-order valence-electron chi connectivity index (χ0n) is 9.51. The van der Waals surface area contributed by atoms with Gasteiger partial charge in [-0.05, 0) is 18.2 Å². The normalized spacial score (nSPS) is 10.3. The van der Waals surface area contributed by atoms with E-state index in [1.165, 1.54) is 11.8 Å². The van der Waals surface area contributed by atoms with Crippen LogP contribution in [0.15, 0.2) is 33.9 Å². The Hall–Kier alpha value is -1.53. The minimum atomic E-state index is -0.155. The standard InChI is InChI=1S/C11H10ClN3O2S/c1-7-14-15-11(17-7)18-6-10(16)13-9-4-2-3-8(12)5-9/h2-5H,6H2,1H3,(H,13,16). The number of rotatable bonds is 4. The maximum atomic E-state index is 11.6. The third kappa shape index (κ3) is 3.75. The lowest BCUT2D eigenvalue weighted by Gasteiger charge is -2.03. The van der Waals surface area contributed by atoms with Crippen LogP contribution in [0, 0.1) is 6.92 Å². The molecule has 1 amide bonds. The summed E-state index contributed by atoms with van der Waals surface area (Å²) in [6.07, 6.45) is 0. The number of thioether (sulfide) groups is 1. The second-order valence-corrected chi connectivity index (χ2v) is 4.80. The number of hydrogen-bond donors (Lipinski definition) is 1. The van der Waals surface area contributed by atoms with Crippen LogP contribution < -0.4 is 5.32 Å². The molecule has 2 aromatic rings. The van der Waals surface area contributed by atoms with Crippen molar-refractivity contribution in [2.75, 3.05) is 11.1 Å². The molecule has 1 N–H and O–H groups in total. The molecule has 0 unspecified atom stereocenters. The lowest BCUT2D eigenvalue weighted by atomic mass is 10.3. The lowest BCUT2D eigenvalue weighted by Crippen LogP contribution is -2.13. The van der Waals surface area contributed by atoms with Gasteiger partial charge in [0, 0.05) is 17.6 Å². The van der Waals surface area contributed by atoms with E-state index in [4.69, 9.17) is 16.0 Å². The summed E-state index contributed by atoms with van der Waals surface area (Å²) >= 11 is 7.00. The van der Waals surface area contributed by atoms with Crippen LogP contribution in [0.3, 0.4) is 0 Å². The number of nitrogens with zero attached hydrogens (tertiary/aromatic N) is 2. The first-order valence-corrected chi connectivity index (χ1v) is 6.48. The van der Waals surface area contributed by atoms with Gasteiger partial charge >= 0.3 is 0 Å². The molecule has 94 valence electrons. The molecule has 0 aliphatic carbocycles. The minimum absolute atomic E-state index is 0.155. The summed E-state index contributed by atoms with van der Waals surface area (Å²) in [4.78, 5) is 11.6. The van der Waals surface area contributed by atoms with Crippen molar-refractivity contribution in [3.05, 3.63) is 35.2 Å². The van der Waals surface area contributed by atoms with Crippen molar-refractivity contribution in [2.45, 2.75) is 12.1 Å². The van der Waals surface area contributed by atoms with Crippen LogP contribution in [-0.2, 0) is 4.79 Å². The summed E-state index contributed by atoms with van der Waals surface area (Å²) in [5.41, 5.74) is 0.662. The number of anilines is 1. The summed E-state index contributed by atoms with van der Waals surface area (Å²) < 4.78 is 5.14. The molecule has 0 saturated heterocycles. The van der Waals surface area contributed by atoms with Gasteiger partial charge in [0.15, 0.2) is 0 Å². The molecule has 1 aromatic carbocycles. The van der Waals surface area contributed by atoms with Crippen LogP contribution in [0.4, 0.5) is 5.69 Å². The molecular weight excluding hydrogens is 274 g/mol. The Labute approximate surface area is 113 Å². The fourth-order valence-electron chi connectivity index (χ4n) is 1.23. The highest BCUT2D eigenvalue weighted by Gasteiger charge is 2.08. The van der Waals surface area contributed by atoms with Gasteiger partial charge < -0.3 is 9.73 Å². The molecule has 1 aromatic heterocycles. The molecule has 7 heteroatoms. The molecule has 0 aliphatic heterocycles. The molecule has 5 nitrogen and oxygen atoms in total. The van der Waals surface area contributed by atoms with Crippen molar-refractivity contribution in [2.24, 2.45) is 0 Å². The number of aromatic nitrogens is 2. The first-order chi connectivity index (χ1) is 8.63. The summed E-state index contributed by atoms with van der Waals surface area (Å²) in [5.74, 6) is 0.527. The van der Waals surface area contributed by atoms with Gasteiger partial charge in [0.05, 0.1) is 5.75 Å². The van der Waals surface area contributed by atoms with E-state index < -0.39 is 0 Å². The smallest absolute Gasteiger partial charge is 0.277 e. The Bertz CT molecular complexity index is 559. The largest absolute Gasteiger partial charge is 0.416 e. The van der Waals surface area contributed by atoms with Gasteiger partial charge in [-0.3, -0.25) is 4.79 Å². The molecule has 1 heterocycles. The van der Waals surface area contributed by atoms with E-state index in [-0.39, 0.29) is 11.7 Å². The Morgan fingerprint density at radius 2 is 2.33 bits per heavy atom. The van der Waals surface area contributed by atoms with E-state index >= 15 is 0 Å². The van der Waals surface area contributed by atoms with Gasteiger partial charge in [0.1, 0.15) is 0 Å². The van der Waals surface area contributed by atoms with Gasteiger partial charge in [-0.25, -0.2) is 0 Å². The average molecular weight is 284 g/mol. The van der Waals surface area contributed by atoms with E-state index in [0.717, 1.165) is 0 Å². The highest BCUT2D eigenvalue weighted by Crippen LogP contribution is 2.18. The zero-order valence-corrected chi connectivity index (χ0v) is 11.1. The van der Waals surface area contributed by atoms with Crippen molar-refractivity contribution >= 4 is 35.0 Å². The van der Waals surface area contributed by atoms with Gasteiger partial charge in [0.2, 0.25) is 11.8 Å². The summed E-state index contributed by atoms with van der Waals surface area (Å²) in [6, 6.07) is 6.96. The van der Waals surface area contributed by atoms with E-state index in [1.54, 1.807) is 31.2 Å². The quantitative estimate of drug-likeness (QED) is 0.874. The van der Waals surface area contributed by atoms with E-state index in [1.807, 2.05) is 0 Å². The number of halogens is 1. The minimum Gasteiger partial charge on any atom is -0.416 e. The number of benzene rings is 1. The Morgan fingerprint density at radius 3 is 3.00 bits per heavy atom. The van der Waals surface area contributed by atoms with Gasteiger partial charge in [-0.2, -0.15) is 0 Å². The lowest BCUT2D eigenvalue weighted by molar-refractivity contribution is -0.113. The topological polar surface area (TPSA) is 68.0 Å². The summed E-state index contributed by atoms with van der Waals surface area (Å²) in [7, 11) is 0. The molecular formula is C11H10ClN3O2S. The second-order valence-electron chi connectivity index (χ2n) is 3.43. The molecule has 0 atom stereocenters. The van der Waals surface area contributed by atoms with E-state index in [9.17, 15) is 4.79 Å². The molecule has 0 aliphatic rings. The summed E-state index contributed by atoms with van der Waals surface area (Å²) in [6.45, 7) is 1.70. The number of amides is 1. The Balaban J connectivity index is 1.85. The van der Waals surface area contributed by atoms with Crippen LogP contribution in [0.1, 0.15) is 5.89 Å². The van der Waals surface area contributed by atoms with Gasteiger partial charge in [-0.15, -0.1) is 10.2 Å². The Kier molecular flexibility index (Phi) is 4.22. The number of nitrogens with one attached hydrogen (secondary N) is 1. The van der Waals surface area contributed by atoms with E-state index in [0.29, 0.717) is 21.8 Å². The highest BCUT2D eigenvalue weighted by atomic mass is 35.5. The molecule has 18 heavy (non-hydrogen) atoms. The third-order valence-electron chi connectivity index (χ3n) is 1.94. The van der Waals surface area contributed by atoms with Crippen molar-refractivity contribution in [1.29, 1.82) is 0 Å². The Morgan fingerprint density at radius 1 is 1.50 bits per heavy atom. The monoisotopic (exact) mass is 283 g/mol. The molecule has 0 spiro atoms. The van der Waals surface area contributed by atoms with Crippen LogP contribution in [0.2, 0.25) is 5.02 Å². The van der Waals surface area contributed by atoms with Crippen LogP contribution in [0.25, 0.3) is 0 Å². The maximum Gasteiger partial charge on any atom is 0.277 e. The zero-order chi connectivity index (χ0) is 13.0. The molecule has 0 bridgehead atoms. The van der Waals surface area contributed by atoms with Crippen LogP contribution >= 0.6 is 23.4 Å². The number of carbonyl (C=O) groups is 1. The molecule has 2 rings (SSSR count). The number of carbonyl (C=O) groups excluding carboxylic acids is 1. The predicted octanol–water partition coefficient (Wildman–Crippen LogP) is 2.76. The first-order valence-electron chi connectivity index (χ1n) is 5.12. The van der Waals surface area contributed by atoms with Crippen LogP contribution in [0.5, 0.6) is 0 Å². The number of hydrogen-bond acceptors (Lipinski definition) is 5. The number of aryl methyl sites for hydroxylation is 1. The van der Waals surface area contributed by atoms with Crippen molar-refractivity contribution < 1.29 is 9.21 Å². The maximum absolute atomic E-state index is 11.6. The molecule has 0 saturated carbocycles. The van der Waals surface area contributed by atoms with Crippen LogP contribution in [-0.4, -0.2) is 21.9 Å². The SMILES string of the molecule is Cc1nnc(SCC(=O)Nc2cccc(Cl)c2)o1. The molecule has 0 radical (unpaired) electrons. The van der Waals surface area contributed by atoms with Gasteiger partial charge in [-0.1, -0.05) is 29.4 Å². The predicted molar refractivity (Wildman–Crippen MR) is 69.8 cm³/mol. The first kappa shape index (κ1) is 12.9. The highest BCUT2D eigenvalue weighted by molar-refractivity contribution is 7.99.